The molecule has 19 heavy (non-hydrogen) atoms. The first-order valence-electron chi connectivity index (χ1n) is 6.80. The largest absolute Gasteiger partial charge is 0.395 e. The molecule has 100 valence electrons. The van der Waals surface area contributed by atoms with Crippen LogP contribution in [0.1, 0.15) is 11.1 Å². The molecular weight excluding hydrogens is 234 g/mol. The van der Waals surface area contributed by atoms with Crippen LogP contribution in [-0.2, 0) is 12.8 Å². The third-order valence-corrected chi connectivity index (χ3v) is 3.23. The van der Waals surface area contributed by atoms with Crippen LogP contribution in [0.15, 0.2) is 60.7 Å². The van der Waals surface area contributed by atoms with E-state index < -0.39 is 0 Å². The quantitative estimate of drug-likeness (QED) is 0.796. The summed E-state index contributed by atoms with van der Waals surface area (Å²) >= 11 is 0. The molecule has 0 saturated heterocycles. The van der Waals surface area contributed by atoms with E-state index in [1.807, 2.05) is 24.3 Å². The van der Waals surface area contributed by atoms with Gasteiger partial charge in [-0.15, -0.1) is 0 Å². The average molecular weight is 255 g/mol. The molecule has 0 bridgehead atoms. The first-order valence-corrected chi connectivity index (χ1v) is 6.80. The fraction of sp³-hybridized carbons (Fsp3) is 0.294. The second kappa shape index (κ2) is 7.72. The van der Waals surface area contributed by atoms with E-state index >= 15 is 0 Å². The van der Waals surface area contributed by atoms with Gasteiger partial charge in [0, 0.05) is 6.04 Å². The van der Waals surface area contributed by atoms with Crippen molar-refractivity contribution in [2.45, 2.75) is 18.9 Å². The molecule has 0 aliphatic heterocycles. The van der Waals surface area contributed by atoms with E-state index in [9.17, 15) is 5.11 Å². The van der Waals surface area contributed by atoms with Crippen molar-refractivity contribution in [2.75, 3.05) is 13.2 Å². The number of hydrogen-bond acceptors (Lipinski definition) is 2. The molecule has 2 nitrogen and oxygen atoms in total. The minimum Gasteiger partial charge on any atom is -0.395 e. The lowest BCUT2D eigenvalue weighted by Crippen LogP contribution is -2.35. The molecule has 2 aromatic rings. The van der Waals surface area contributed by atoms with Crippen molar-refractivity contribution in [1.82, 2.24) is 5.32 Å². The van der Waals surface area contributed by atoms with E-state index in [-0.39, 0.29) is 12.6 Å². The molecule has 0 aromatic heterocycles. The van der Waals surface area contributed by atoms with Gasteiger partial charge in [-0.05, 0) is 30.5 Å². The molecule has 2 rings (SSSR count). The Labute approximate surface area is 115 Å². The Morgan fingerprint density at radius 1 is 0.842 bits per heavy atom. The van der Waals surface area contributed by atoms with Crippen molar-refractivity contribution in [3.05, 3.63) is 71.8 Å². The minimum absolute atomic E-state index is 0.131. The maximum absolute atomic E-state index is 9.42. The van der Waals surface area contributed by atoms with Gasteiger partial charge in [0.25, 0.3) is 0 Å². The number of nitrogens with one attached hydrogen (secondary N) is 1. The van der Waals surface area contributed by atoms with Crippen molar-refractivity contribution in [3.63, 3.8) is 0 Å². The van der Waals surface area contributed by atoms with Gasteiger partial charge in [-0.3, -0.25) is 0 Å². The molecule has 0 aliphatic carbocycles. The van der Waals surface area contributed by atoms with Crippen LogP contribution in [0.25, 0.3) is 0 Å². The lowest BCUT2D eigenvalue weighted by molar-refractivity contribution is 0.242. The zero-order valence-electron chi connectivity index (χ0n) is 11.1. The van der Waals surface area contributed by atoms with Gasteiger partial charge in [0.2, 0.25) is 0 Å². The molecule has 2 aromatic carbocycles. The summed E-state index contributed by atoms with van der Waals surface area (Å²) in [6.07, 6.45) is 1.86. The van der Waals surface area contributed by atoms with E-state index in [0.29, 0.717) is 0 Å². The maximum Gasteiger partial charge on any atom is 0.0587 e. The third kappa shape index (κ3) is 4.86. The summed E-state index contributed by atoms with van der Waals surface area (Å²) in [7, 11) is 0. The predicted molar refractivity (Wildman–Crippen MR) is 79.2 cm³/mol. The summed E-state index contributed by atoms with van der Waals surface area (Å²) in [5.41, 5.74) is 2.58. The SMILES string of the molecule is OCC(Cc1ccccc1)NCCc1ccccc1. The van der Waals surface area contributed by atoms with Crippen LogP contribution in [0, 0.1) is 0 Å². The lowest BCUT2D eigenvalue weighted by atomic mass is 10.1. The Bertz CT molecular complexity index is 455. The Hall–Kier alpha value is -1.64. The second-order valence-electron chi connectivity index (χ2n) is 4.76. The molecule has 1 unspecified atom stereocenters. The van der Waals surface area contributed by atoms with Gasteiger partial charge < -0.3 is 10.4 Å². The molecule has 0 saturated carbocycles. The first-order chi connectivity index (χ1) is 9.38. The molecule has 2 N–H and O–H groups in total. The molecule has 0 amide bonds. The van der Waals surface area contributed by atoms with Crippen LogP contribution >= 0.6 is 0 Å². The highest BCUT2D eigenvalue weighted by atomic mass is 16.3. The van der Waals surface area contributed by atoms with Crippen molar-refractivity contribution in [3.8, 4) is 0 Å². The molecule has 1 atom stereocenters. The highest BCUT2D eigenvalue weighted by Gasteiger charge is 2.07. The summed E-state index contributed by atoms with van der Waals surface area (Å²) in [5, 5.41) is 12.8. The zero-order chi connectivity index (χ0) is 13.3. The Morgan fingerprint density at radius 3 is 2.00 bits per heavy atom. The molecule has 0 fully saturated rings. The van der Waals surface area contributed by atoms with Crippen LogP contribution in [0.5, 0.6) is 0 Å². The van der Waals surface area contributed by atoms with Crippen LogP contribution in [0.3, 0.4) is 0 Å². The van der Waals surface area contributed by atoms with E-state index in [2.05, 4.69) is 41.7 Å². The molecular formula is C17H21NO. The Balaban J connectivity index is 1.77. The fourth-order valence-electron chi connectivity index (χ4n) is 2.17. The summed E-state index contributed by atoms with van der Waals surface area (Å²) in [5.74, 6) is 0. The minimum atomic E-state index is 0.131. The van der Waals surface area contributed by atoms with E-state index in [1.54, 1.807) is 0 Å². The van der Waals surface area contributed by atoms with E-state index in [1.165, 1.54) is 11.1 Å². The molecule has 0 heterocycles. The summed E-state index contributed by atoms with van der Waals surface area (Å²) in [6, 6.07) is 20.8. The second-order valence-corrected chi connectivity index (χ2v) is 4.76. The number of aliphatic hydroxyl groups excluding tert-OH is 1. The standard InChI is InChI=1S/C17H21NO/c19-14-17(13-16-9-5-2-6-10-16)18-12-11-15-7-3-1-4-8-15/h1-10,17-19H,11-14H2. The van der Waals surface area contributed by atoms with Crippen molar-refractivity contribution in [1.29, 1.82) is 0 Å². The van der Waals surface area contributed by atoms with Crippen molar-refractivity contribution in [2.24, 2.45) is 0 Å². The Kier molecular flexibility index (Phi) is 5.60. The molecule has 0 spiro atoms. The zero-order valence-corrected chi connectivity index (χ0v) is 11.1. The number of rotatable bonds is 7. The van der Waals surface area contributed by atoms with Crippen molar-refractivity contribution < 1.29 is 5.11 Å². The maximum atomic E-state index is 9.42. The predicted octanol–water partition coefficient (Wildman–Crippen LogP) is 2.42. The topological polar surface area (TPSA) is 32.3 Å². The average Bonchev–Trinajstić information content (AvgIpc) is 2.48. The summed E-state index contributed by atoms with van der Waals surface area (Å²) in [6.45, 7) is 1.06. The van der Waals surface area contributed by atoms with Crippen molar-refractivity contribution >= 4 is 0 Å². The third-order valence-electron chi connectivity index (χ3n) is 3.23. The van der Waals surface area contributed by atoms with E-state index in [0.717, 1.165) is 19.4 Å². The first kappa shape index (κ1) is 13.8. The Morgan fingerprint density at radius 2 is 1.42 bits per heavy atom. The number of hydrogen-bond donors (Lipinski definition) is 2. The van der Waals surface area contributed by atoms with Gasteiger partial charge in [0.1, 0.15) is 0 Å². The van der Waals surface area contributed by atoms with Crippen LogP contribution in [0.2, 0.25) is 0 Å². The normalized spacial score (nSPS) is 12.3. The van der Waals surface area contributed by atoms with Gasteiger partial charge in [-0.1, -0.05) is 60.7 Å². The van der Waals surface area contributed by atoms with Gasteiger partial charge >= 0.3 is 0 Å². The van der Waals surface area contributed by atoms with E-state index in [4.69, 9.17) is 0 Å². The van der Waals surface area contributed by atoms with Gasteiger partial charge in [0.05, 0.1) is 6.61 Å². The number of benzene rings is 2. The van der Waals surface area contributed by atoms with Gasteiger partial charge in [0.15, 0.2) is 0 Å². The summed E-state index contributed by atoms with van der Waals surface area (Å²) < 4.78 is 0. The number of aliphatic hydroxyl groups is 1. The highest BCUT2D eigenvalue weighted by molar-refractivity contribution is 5.16. The van der Waals surface area contributed by atoms with Gasteiger partial charge in [-0.2, -0.15) is 0 Å². The lowest BCUT2D eigenvalue weighted by Gasteiger charge is -2.16. The highest BCUT2D eigenvalue weighted by Crippen LogP contribution is 2.03. The van der Waals surface area contributed by atoms with Crippen LogP contribution < -0.4 is 5.32 Å². The molecule has 0 radical (unpaired) electrons. The molecule has 0 aliphatic rings. The fourth-order valence-corrected chi connectivity index (χ4v) is 2.17. The van der Waals surface area contributed by atoms with Gasteiger partial charge in [-0.25, -0.2) is 0 Å². The molecule has 2 heteroatoms. The smallest absolute Gasteiger partial charge is 0.0587 e. The van der Waals surface area contributed by atoms with Crippen LogP contribution in [0.4, 0.5) is 0 Å². The monoisotopic (exact) mass is 255 g/mol. The summed E-state index contributed by atoms with van der Waals surface area (Å²) in [4.78, 5) is 0. The van der Waals surface area contributed by atoms with Crippen LogP contribution in [-0.4, -0.2) is 24.3 Å².